The van der Waals surface area contributed by atoms with Crippen LogP contribution in [0, 0.1) is 11.3 Å². The number of nitrogens with zero attached hydrogens (tertiary/aromatic N) is 1. The Balaban J connectivity index is 2.11. The number of nitriles is 1. The van der Waals surface area contributed by atoms with E-state index in [0.29, 0.717) is 17.9 Å². The summed E-state index contributed by atoms with van der Waals surface area (Å²) in [4.78, 5) is 0. The van der Waals surface area contributed by atoms with Crippen LogP contribution >= 0.6 is 0 Å². The van der Waals surface area contributed by atoms with Gasteiger partial charge >= 0.3 is 0 Å². The molecule has 2 aromatic rings. The van der Waals surface area contributed by atoms with Crippen LogP contribution in [0.3, 0.4) is 0 Å². The molecule has 0 aromatic heterocycles. The standard InChI is InChI=1S/C16H15NO2/c1-12(18)13-7-4-8-16(9-13)19-11-15-6-3-2-5-14(15)10-17/h2-9,12,18H,11H2,1H3. The first-order valence-electron chi connectivity index (χ1n) is 6.09. The predicted molar refractivity (Wildman–Crippen MR) is 72.6 cm³/mol. The second-order valence-corrected chi connectivity index (χ2v) is 4.31. The maximum absolute atomic E-state index is 9.52. The minimum absolute atomic E-state index is 0.340. The third-order valence-electron chi connectivity index (χ3n) is 2.87. The van der Waals surface area contributed by atoms with E-state index in [1.807, 2.05) is 36.4 Å². The van der Waals surface area contributed by atoms with Gasteiger partial charge in [-0.05, 0) is 30.7 Å². The van der Waals surface area contributed by atoms with E-state index < -0.39 is 6.10 Å². The van der Waals surface area contributed by atoms with E-state index in [9.17, 15) is 5.11 Å². The summed E-state index contributed by atoms with van der Waals surface area (Å²) in [6.45, 7) is 2.05. The first kappa shape index (κ1) is 13.1. The first-order valence-corrected chi connectivity index (χ1v) is 6.09. The largest absolute Gasteiger partial charge is 0.489 e. The summed E-state index contributed by atoms with van der Waals surface area (Å²) < 4.78 is 5.66. The average molecular weight is 253 g/mol. The van der Waals surface area contributed by atoms with Gasteiger partial charge in [-0.3, -0.25) is 0 Å². The summed E-state index contributed by atoms with van der Waals surface area (Å²) in [6, 6.07) is 16.8. The molecular weight excluding hydrogens is 238 g/mol. The van der Waals surface area contributed by atoms with Crippen LogP contribution < -0.4 is 4.74 Å². The van der Waals surface area contributed by atoms with E-state index in [0.717, 1.165) is 11.1 Å². The molecule has 19 heavy (non-hydrogen) atoms. The summed E-state index contributed by atoms with van der Waals surface area (Å²) in [5, 5.41) is 18.5. The highest BCUT2D eigenvalue weighted by atomic mass is 16.5. The zero-order valence-electron chi connectivity index (χ0n) is 10.7. The van der Waals surface area contributed by atoms with Crippen molar-refractivity contribution in [3.63, 3.8) is 0 Å². The highest BCUT2D eigenvalue weighted by Crippen LogP contribution is 2.20. The van der Waals surface area contributed by atoms with Crippen LogP contribution in [-0.2, 0) is 6.61 Å². The van der Waals surface area contributed by atoms with Gasteiger partial charge in [0, 0.05) is 5.56 Å². The molecule has 0 aliphatic rings. The topological polar surface area (TPSA) is 53.2 Å². The molecule has 0 bridgehead atoms. The predicted octanol–water partition coefficient (Wildman–Crippen LogP) is 3.19. The molecule has 0 aliphatic heterocycles. The second-order valence-electron chi connectivity index (χ2n) is 4.31. The van der Waals surface area contributed by atoms with Gasteiger partial charge in [0.1, 0.15) is 12.4 Å². The fourth-order valence-corrected chi connectivity index (χ4v) is 1.78. The van der Waals surface area contributed by atoms with E-state index >= 15 is 0 Å². The van der Waals surface area contributed by atoms with Crippen molar-refractivity contribution in [2.45, 2.75) is 19.6 Å². The highest BCUT2D eigenvalue weighted by molar-refractivity contribution is 5.37. The molecule has 1 N–H and O–H groups in total. The summed E-state index contributed by atoms with van der Waals surface area (Å²) >= 11 is 0. The molecule has 1 unspecified atom stereocenters. The van der Waals surface area contributed by atoms with Crippen molar-refractivity contribution < 1.29 is 9.84 Å². The van der Waals surface area contributed by atoms with Crippen LogP contribution in [-0.4, -0.2) is 5.11 Å². The lowest BCUT2D eigenvalue weighted by molar-refractivity contribution is 0.198. The van der Waals surface area contributed by atoms with E-state index in [1.54, 1.807) is 19.1 Å². The van der Waals surface area contributed by atoms with Crippen molar-refractivity contribution in [1.29, 1.82) is 5.26 Å². The van der Waals surface area contributed by atoms with Crippen molar-refractivity contribution in [2.24, 2.45) is 0 Å². The Kier molecular flexibility index (Phi) is 4.17. The Morgan fingerprint density at radius 3 is 2.74 bits per heavy atom. The molecule has 0 radical (unpaired) electrons. The van der Waals surface area contributed by atoms with Crippen LogP contribution in [0.15, 0.2) is 48.5 Å². The third kappa shape index (κ3) is 3.34. The van der Waals surface area contributed by atoms with Crippen molar-refractivity contribution in [2.75, 3.05) is 0 Å². The number of rotatable bonds is 4. The van der Waals surface area contributed by atoms with Gasteiger partial charge in [0.2, 0.25) is 0 Å². The zero-order chi connectivity index (χ0) is 13.7. The maximum Gasteiger partial charge on any atom is 0.120 e. The molecule has 3 heteroatoms. The average Bonchev–Trinajstić information content (AvgIpc) is 2.45. The number of aliphatic hydroxyl groups is 1. The van der Waals surface area contributed by atoms with Crippen LogP contribution in [0.5, 0.6) is 5.75 Å². The van der Waals surface area contributed by atoms with Crippen LogP contribution in [0.4, 0.5) is 0 Å². The van der Waals surface area contributed by atoms with Gasteiger partial charge in [0.15, 0.2) is 0 Å². The van der Waals surface area contributed by atoms with Gasteiger partial charge < -0.3 is 9.84 Å². The number of ether oxygens (including phenoxy) is 1. The second kappa shape index (κ2) is 6.03. The minimum Gasteiger partial charge on any atom is -0.489 e. The van der Waals surface area contributed by atoms with E-state index in [-0.39, 0.29) is 0 Å². The van der Waals surface area contributed by atoms with E-state index in [4.69, 9.17) is 10.00 Å². The van der Waals surface area contributed by atoms with Gasteiger partial charge in [0.05, 0.1) is 17.7 Å². The number of benzene rings is 2. The molecule has 0 amide bonds. The van der Waals surface area contributed by atoms with Gasteiger partial charge in [-0.1, -0.05) is 30.3 Å². The quantitative estimate of drug-likeness (QED) is 0.910. The molecular formula is C16H15NO2. The number of hydrogen-bond donors (Lipinski definition) is 1. The van der Waals surface area contributed by atoms with Crippen LogP contribution in [0.1, 0.15) is 29.7 Å². The fraction of sp³-hybridized carbons (Fsp3) is 0.188. The van der Waals surface area contributed by atoms with Crippen molar-refractivity contribution in [3.05, 3.63) is 65.2 Å². The normalized spacial score (nSPS) is 11.6. The molecule has 0 aliphatic carbocycles. The SMILES string of the molecule is CC(O)c1cccc(OCc2ccccc2C#N)c1. The summed E-state index contributed by atoms with van der Waals surface area (Å²) in [5.74, 6) is 0.686. The fourth-order valence-electron chi connectivity index (χ4n) is 1.78. The minimum atomic E-state index is -0.519. The molecule has 0 heterocycles. The molecule has 0 spiro atoms. The Bertz CT molecular complexity index is 600. The van der Waals surface area contributed by atoms with Gasteiger partial charge in [0.25, 0.3) is 0 Å². The van der Waals surface area contributed by atoms with Crippen LogP contribution in [0.2, 0.25) is 0 Å². The molecule has 1 atom stereocenters. The Labute approximate surface area is 112 Å². The molecule has 2 aromatic carbocycles. The lowest BCUT2D eigenvalue weighted by Gasteiger charge is -2.10. The Morgan fingerprint density at radius 1 is 1.21 bits per heavy atom. The van der Waals surface area contributed by atoms with Crippen molar-refractivity contribution in [3.8, 4) is 11.8 Å². The Hall–Kier alpha value is -2.31. The smallest absolute Gasteiger partial charge is 0.120 e. The van der Waals surface area contributed by atoms with E-state index in [1.165, 1.54) is 0 Å². The third-order valence-corrected chi connectivity index (χ3v) is 2.87. The maximum atomic E-state index is 9.52. The summed E-state index contributed by atoms with van der Waals surface area (Å²) in [7, 11) is 0. The molecule has 3 nitrogen and oxygen atoms in total. The lowest BCUT2D eigenvalue weighted by atomic mass is 10.1. The zero-order valence-corrected chi connectivity index (χ0v) is 10.7. The van der Waals surface area contributed by atoms with Gasteiger partial charge in [-0.15, -0.1) is 0 Å². The van der Waals surface area contributed by atoms with Gasteiger partial charge in [-0.25, -0.2) is 0 Å². The summed E-state index contributed by atoms with van der Waals surface area (Å²) in [5.41, 5.74) is 2.28. The number of hydrogen-bond acceptors (Lipinski definition) is 3. The molecule has 0 fully saturated rings. The first-order chi connectivity index (χ1) is 9.20. The molecule has 0 saturated heterocycles. The molecule has 96 valence electrons. The summed E-state index contributed by atoms with van der Waals surface area (Å²) in [6.07, 6.45) is -0.519. The monoisotopic (exact) mass is 253 g/mol. The van der Waals surface area contributed by atoms with E-state index in [2.05, 4.69) is 6.07 Å². The lowest BCUT2D eigenvalue weighted by Crippen LogP contribution is -1.99. The van der Waals surface area contributed by atoms with Gasteiger partial charge in [-0.2, -0.15) is 5.26 Å². The number of aliphatic hydroxyl groups excluding tert-OH is 1. The molecule has 2 rings (SSSR count). The van der Waals surface area contributed by atoms with Crippen molar-refractivity contribution in [1.82, 2.24) is 0 Å². The Morgan fingerprint density at radius 2 is 2.00 bits per heavy atom. The molecule has 0 saturated carbocycles. The van der Waals surface area contributed by atoms with Crippen molar-refractivity contribution >= 4 is 0 Å². The highest BCUT2D eigenvalue weighted by Gasteiger charge is 2.04. The van der Waals surface area contributed by atoms with Crippen LogP contribution in [0.25, 0.3) is 0 Å².